The number of pyridine rings is 1. The lowest BCUT2D eigenvalue weighted by molar-refractivity contribution is -0.137. The van der Waals surface area contributed by atoms with Gasteiger partial charge in [-0.1, -0.05) is 0 Å². The molecular formula is C11H12F3N5O2. The standard InChI is InChI=1S/C11H12F3N5O2/c1-5-10(21)17-9(20)4-19(5)8-3-6(11(12,13)14)2-7(16-8)18-15/h2-3,5H,4,15H2,1H3,(H,16,18)(H,17,20,21). The van der Waals surface area contributed by atoms with E-state index in [0.29, 0.717) is 0 Å². The molecule has 2 heterocycles. The number of imide groups is 1. The molecule has 1 aliphatic heterocycles. The number of nitrogens with two attached hydrogens (primary N) is 1. The van der Waals surface area contributed by atoms with Crippen LogP contribution in [0.2, 0.25) is 0 Å². The lowest BCUT2D eigenvalue weighted by Crippen LogP contribution is -2.57. The monoisotopic (exact) mass is 303 g/mol. The number of nitrogens with one attached hydrogen (secondary N) is 2. The first kappa shape index (κ1) is 15.0. The van der Waals surface area contributed by atoms with Crippen LogP contribution in [0.25, 0.3) is 0 Å². The molecule has 1 aliphatic rings. The summed E-state index contributed by atoms with van der Waals surface area (Å²) in [7, 11) is 0. The van der Waals surface area contributed by atoms with Gasteiger partial charge in [-0.05, 0) is 19.1 Å². The number of amides is 2. The lowest BCUT2D eigenvalue weighted by Gasteiger charge is -2.33. The third-order valence-corrected chi connectivity index (χ3v) is 3.00. The molecule has 21 heavy (non-hydrogen) atoms. The van der Waals surface area contributed by atoms with E-state index in [1.165, 1.54) is 11.8 Å². The summed E-state index contributed by atoms with van der Waals surface area (Å²) in [5.74, 6) is 3.51. The van der Waals surface area contributed by atoms with Crippen LogP contribution in [-0.2, 0) is 15.8 Å². The molecular weight excluding hydrogens is 291 g/mol. The summed E-state index contributed by atoms with van der Waals surface area (Å²) in [6.07, 6.45) is -4.60. The summed E-state index contributed by atoms with van der Waals surface area (Å²) >= 11 is 0. The number of hydrogen-bond donors (Lipinski definition) is 3. The minimum absolute atomic E-state index is 0.159. The molecule has 4 N–H and O–H groups in total. The number of rotatable bonds is 2. The van der Waals surface area contributed by atoms with E-state index in [1.54, 1.807) is 0 Å². The number of alkyl halides is 3. The first-order chi connectivity index (χ1) is 9.72. The molecule has 0 saturated carbocycles. The Morgan fingerprint density at radius 1 is 1.43 bits per heavy atom. The number of anilines is 2. The summed E-state index contributed by atoms with van der Waals surface area (Å²) in [5, 5.41) is 2.09. The van der Waals surface area contributed by atoms with Crippen molar-refractivity contribution in [2.24, 2.45) is 5.84 Å². The van der Waals surface area contributed by atoms with E-state index in [9.17, 15) is 22.8 Å². The predicted molar refractivity (Wildman–Crippen MR) is 67.0 cm³/mol. The lowest BCUT2D eigenvalue weighted by atomic mass is 10.1. The van der Waals surface area contributed by atoms with Gasteiger partial charge in [0.15, 0.2) is 0 Å². The zero-order chi connectivity index (χ0) is 15.8. The Bertz CT molecular complexity index is 590. The smallest absolute Gasteiger partial charge is 0.335 e. The van der Waals surface area contributed by atoms with Crippen LogP contribution in [-0.4, -0.2) is 29.4 Å². The van der Waals surface area contributed by atoms with Crippen molar-refractivity contribution in [3.63, 3.8) is 0 Å². The van der Waals surface area contributed by atoms with Crippen LogP contribution < -0.4 is 21.5 Å². The average Bonchev–Trinajstić information content (AvgIpc) is 2.41. The van der Waals surface area contributed by atoms with Crippen LogP contribution in [0.1, 0.15) is 12.5 Å². The summed E-state index contributed by atoms with van der Waals surface area (Å²) in [5.41, 5.74) is 1.05. The second-order valence-corrected chi connectivity index (χ2v) is 4.46. The third kappa shape index (κ3) is 3.05. The largest absolute Gasteiger partial charge is 0.416 e. The Balaban J connectivity index is 2.47. The predicted octanol–water partition coefficient (Wildman–Crippen LogP) is 0.237. The minimum Gasteiger partial charge on any atom is -0.335 e. The van der Waals surface area contributed by atoms with Crippen LogP contribution in [0.3, 0.4) is 0 Å². The summed E-state index contributed by atoms with van der Waals surface area (Å²) in [4.78, 5) is 28.0. The van der Waals surface area contributed by atoms with E-state index < -0.39 is 29.6 Å². The molecule has 0 aliphatic carbocycles. The van der Waals surface area contributed by atoms with Gasteiger partial charge in [-0.2, -0.15) is 13.2 Å². The average molecular weight is 303 g/mol. The first-order valence-corrected chi connectivity index (χ1v) is 5.88. The van der Waals surface area contributed by atoms with Gasteiger partial charge < -0.3 is 10.3 Å². The van der Waals surface area contributed by atoms with Gasteiger partial charge in [0.05, 0.1) is 12.1 Å². The second kappa shape index (κ2) is 5.20. The van der Waals surface area contributed by atoms with E-state index in [2.05, 4.69) is 10.3 Å². The summed E-state index contributed by atoms with van der Waals surface area (Å²) in [6, 6.07) is 0.674. The van der Waals surface area contributed by atoms with Crippen LogP contribution in [0.5, 0.6) is 0 Å². The molecule has 1 aromatic heterocycles. The van der Waals surface area contributed by atoms with Crippen molar-refractivity contribution in [3.05, 3.63) is 17.7 Å². The quantitative estimate of drug-likeness (QED) is 0.411. The van der Waals surface area contributed by atoms with Gasteiger partial charge in [-0.25, -0.2) is 10.8 Å². The highest BCUT2D eigenvalue weighted by atomic mass is 19.4. The van der Waals surface area contributed by atoms with Gasteiger partial charge in [-0.15, -0.1) is 0 Å². The molecule has 114 valence electrons. The van der Waals surface area contributed by atoms with Gasteiger partial charge in [0, 0.05) is 0 Å². The molecule has 0 bridgehead atoms. The highest BCUT2D eigenvalue weighted by molar-refractivity contribution is 6.04. The van der Waals surface area contributed by atoms with Crippen molar-refractivity contribution < 1.29 is 22.8 Å². The van der Waals surface area contributed by atoms with Crippen LogP contribution in [0.15, 0.2) is 12.1 Å². The van der Waals surface area contributed by atoms with Crippen molar-refractivity contribution in [3.8, 4) is 0 Å². The molecule has 1 fully saturated rings. The highest BCUT2D eigenvalue weighted by Crippen LogP contribution is 2.33. The number of carbonyl (C=O) groups is 2. The van der Waals surface area contributed by atoms with E-state index in [0.717, 1.165) is 12.1 Å². The highest BCUT2D eigenvalue weighted by Gasteiger charge is 2.35. The van der Waals surface area contributed by atoms with Crippen LogP contribution >= 0.6 is 0 Å². The van der Waals surface area contributed by atoms with Crippen LogP contribution in [0, 0.1) is 0 Å². The van der Waals surface area contributed by atoms with Crippen LogP contribution in [0.4, 0.5) is 24.8 Å². The number of carbonyl (C=O) groups excluding carboxylic acids is 2. The third-order valence-electron chi connectivity index (χ3n) is 3.00. The molecule has 1 atom stereocenters. The number of hydrazine groups is 1. The molecule has 0 spiro atoms. The van der Waals surface area contributed by atoms with E-state index in [-0.39, 0.29) is 18.2 Å². The van der Waals surface area contributed by atoms with Crippen molar-refractivity contribution in [1.82, 2.24) is 10.3 Å². The summed E-state index contributed by atoms with van der Waals surface area (Å²) in [6.45, 7) is 1.19. The zero-order valence-corrected chi connectivity index (χ0v) is 10.9. The second-order valence-electron chi connectivity index (χ2n) is 4.46. The van der Waals surface area contributed by atoms with E-state index in [1.807, 2.05) is 5.43 Å². The fraction of sp³-hybridized carbons (Fsp3) is 0.364. The molecule has 0 aromatic carbocycles. The number of hydrogen-bond acceptors (Lipinski definition) is 6. The maximum Gasteiger partial charge on any atom is 0.416 e. The van der Waals surface area contributed by atoms with Crippen molar-refractivity contribution in [1.29, 1.82) is 0 Å². The number of nitrogen functional groups attached to an aromatic ring is 1. The first-order valence-electron chi connectivity index (χ1n) is 5.88. The summed E-state index contributed by atoms with van der Waals surface area (Å²) < 4.78 is 38.5. The fourth-order valence-electron chi connectivity index (χ4n) is 1.89. The number of aromatic nitrogens is 1. The van der Waals surface area contributed by atoms with Gasteiger partial charge >= 0.3 is 6.18 Å². The molecule has 1 aromatic rings. The van der Waals surface area contributed by atoms with Crippen molar-refractivity contribution in [2.45, 2.75) is 19.1 Å². The van der Waals surface area contributed by atoms with E-state index in [4.69, 9.17) is 5.84 Å². The van der Waals surface area contributed by atoms with Gasteiger partial charge in [-0.3, -0.25) is 14.9 Å². The molecule has 1 unspecified atom stereocenters. The van der Waals surface area contributed by atoms with E-state index >= 15 is 0 Å². The Morgan fingerprint density at radius 2 is 2.10 bits per heavy atom. The molecule has 10 heteroatoms. The Kier molecular flexibility index (Phi) is 3.73. The molecule has 7 nitrogen and oxygen atoms in total. The SMILES string of the molecule is CC1C(=O)NC(=O)CN1c1cc(C(F)(F)F)cc(NN)n1. The molecule has 2 rings (SSSR count). The van der Waals surface area contributed by atoms with Gasteiger partial charge in [0.25, 0.3) is 0 Å². The zero-order valence-electron chi connectivity index (χ0n) is 10.9. The number of piperazine rings is 1. The topological polar surface area (TPSA) is 100 Å². The minimum atomic E-state index is -4.60. The Hall–Kier alpha value is -2.36. The van der Waals surface area contributed by atoms with Crippen molar-refractivity contribution >= 4 is 23.5 Å². The molecule has 1 saturated heterocycles. The maximum atomic E-state index is 12.8. The van der Waals surface area contributed by atoms with Crippen molar-refractivity contribution in [2.75, 3.05) is 16.9 Å². The Morgan fingerprint density at radius 3 is 2.67 bits per heavy atom. The van der Waals surface area contributed by atoms with Gasteiger partial charge in [0.2, 0.25) is 11.8 Å². The number of halogens is 3. The normalized spacial score (nSPS) is 19.5. The molecule has 0 radical (unpaired) electrons. The maximum absolute atomic E-state index is 12.8. The number of nitrogens with zero attached hydrogens (tertiary/aromatic N) is 2. The van der Waals surface area contributed by atoms with Gasteiger partial charge in [0.1, 0.15) is 17.7 Å². The Labute approximate surface area is 117 Å². The molecule has 2 amide bonds. The fourth-order valence-corrected chi connectivity index (χ4v) is 1.89.